The zero-order valence-corrected chi connectivity index (χ0v) is 6.37. The second kappa shape index (κ2) is 5.53. The van der Waals surface area contributed by atoms with Crippen LogP contribution in [0.2, 0.25) is 0 Å². The first kappa shape index (κ1) is 12.4. The number of hydrogen-bond donors (Lipinski definition) is 1. The van der Waals surface area contributed by atoms with Crippen molar-refractivity contribution >= 4 is 0 Å². The zero-order chi connectivity index (χ0) is 8.78. The van der Waals surface area contributed by atoms with Gasteiger partial charge in [0.05, 0.1) is 0 Å². The van der Waals surface area contributed by atoms with E-state index in [1.807, 2.05) is 13.8 Å². The van der Waals surface area contributed by atoms with Crippen molar-refractivity contribution in [1.29, 1.82) is 0 Å². The molecule has 0 aromatic rings. The molecule has 0 amide bonds. The van der Waals surface area contributed by atoms with E-state index in [-0.39, 0.29) is 6.42 Å². The van der Waals surface area contributed by atoms with Crippen LogP contribution in [0.25, 0.3) is 0 Å². The molecule has 0 aromatic heterocycles. The predicted octanol–water partition coefficient (Wildman–Crippen LogP) is 2.35. The minimum Gasteiger partial charge on any atom is -0.384 e. The van der Waals surface area contributed by atoms with Crippen LogP contribution in [0.4, 0.5) is 13.2 Å². The lowest BCUT2D eigenvalue weighted by Gasteiger charge is -2.10. The molecule has 0 aliphatic rings. The Morgan fingerprint density at radius 2 is 1.60 bits per heavy atom. The SMILES string of the molecule is CC.CC[C@H](O)C(F)(F)F. The number of aliphatic hydroxyl groups excluding tert-OH is 1. The maximum absolute atomic E-state index is 11.2. The van der Waals surface area contributed by atoms with Gasteiger partial charge in [0.25, 0.3) is 0 Å². The lowest BCUT2D eigenvalue weighted by Crippen LogP contribution is -2.27. The number of halogens is 3. The Bertz CT molecular complexity index is 69.9. The summed E-state index contributed by atoms with van der Waals surface area (Å²) in [4.78, 5) is 0. The van der Waals surface area contributed by atoms with E-state index in [9.17, 15) is 13.2 Å². The van der Waals surface area contributed by atoms with Gasteiger partial charge < -0.3 is 5.11 Å². The third-order valence-corrected chi connectivity index (χ3v) is 0.765. The molecule has 0 bridgehead atoms. The van der Waals surface area contributed by atoms with E-state index < -0.39 is 12.3 Å². The highest BCUT2D eigenvalue weighted by Gasteiger charge is 2.36. The van der Waals surface area contributed by atoms with Crippen molar-refractivity contribution in [3.63, 3.8) is 0 Å². The molecule has 0 unspecified atom stereocenters. The highest BCUT2D eigenvalue weighted by atomic mass is 19.4. The van der Waals surface area contributed by atoms with E-state index in [4.69, 9.17) is 5.11 Å². The predicted molar refractivity (Wildman–Crippen MR) is 33.7 cm³/mol. The highest BCUT2D eigenvalue weighted by molar-refractivity contribution is 4.60. The smallest absolute Gasteiger partial charge is 0.384 e. The van der Waals surface area contributed by atoms with Crippen molar-refractivity contribution in [2.75, 3.05) is 0 Å². The quantitative estimate of drug-likeness (QED) is 0.621. The van der Waals surface area contributed by atoms with Gasteiger partial charge in [0.1, 0.15) is 6.10 Å². The van der Waals surface area contributed by atoms with Crippen LogP contribution in [0.5, 0.6) is 0 Å². The fourth-order valence-electron chi connectivity index (χ4n) is 0.231. The molecule has 1 N–H and O–H groups in total. The molecule has 4 heteroatoms. The molecule has 1 nitrogen and oxygen atoms in total. The molecule has 0 aliphatic heterocycles. The summed E-state index contributed by atoms with van der Waals surface area (Å²) < 4.78 is 33.6. The molecule has 0 rings (SSSR count). The van der Waals surface area contributed by atoms with E-state index >= 15 is 0 Å². The number of hydrogen-bond acceptors (Lipinski definition) is 1. The summed E-state index contributed by atoms with van der Waals surface area (Å²) >= 11 is 0. The average molecular weight is 158 g/mol. The topological polar surface area (TPSA) is 20.2 Å². The van der Waals surface area contributed by atoms with Crippen LogP contribution in [-0.4, -0.2) is 17.4 Å². The fourth-order valence-corrected chi connectivity index (χ4v) is 0.231. The van der Waals surface area contributed by atoms with Gasteiger partial charge in [0, 0.05) is 0 Å². The molecule has 10 heavy (non-hydrogen) atoms. The standard InChI is InChI=1S/C4H7F3O.C2H6/c1-2-3(8)4(5,6)7;1-2/h3,8H,2H2,1H3;1-2H3/t3-;/m0./s1. The van der Waals surface area contributed by atoms with Gasteiger partial charge in [0.15, 0.2) is 0 Å². The van der Waals surface area contributed by atoms with Crippen LogP contribution < -0.4 is 0 Å². The van der Waals surface area contributed by atoms with Gasteiger partial charge in [-0.05, 0) is 6.42 Å². The van der Waals surface area contributed by atoms with Crippen LogP contribution in [0.15, 0.2) is 0 Å². The van der Waals surface area contributed by atoms with E-state index in [0.717, 1.165) is 0 Å². The lowest BCUT2D eigenvalue weighted by molar-refractivity contribution is -0.204. The molecule has 0 saturated heterocycles. The summed E-state index contributed by atoms with van der Waals surface area (Å²) in [6.07, 6.45) is -6.86. The third kappa shape index (κ3) is 5.88. The van der Waals surface area contributed by atoms with Crippen molar-refractivity contribution in [1.82, 2.24) is 0 Å². The fraction of sp³-hybridized carbons (Fsp3) is 1.00. The largest absolute Gasteiger partial charge is 0.414 e. The van der Waals surface area contributed by atoms with E-state index in [0.29, 0.717) is 0 Å². The minimum absolute atomic E-state index is 0.274. The molecule has 0 aliphatic carbocycles. The summed E-state index contributed by atoms with van der Waals surface area (Å²) in [5.74, 6) is 0. The van der Waals surface area contributed by atoms with Crippen LogP contribution in [0, 0.1) is 0 Å². The highest BCUT2D eigenvalue weighted by Crippen LogP contribution is 2.21. The Kier molecular flexibility index (Phi) is 6.87. The van der Waals surface area contributed by atoms with Gasteiger partial charge in [-0.15, -0.1) is 0 Å². The van der Waals surface area contributed by atoms with Gasteiger partial charge in [0.2, 0.25) is 0 Å². The van der Waals surface area contributed by atoms with Crippen molar-refractivity contribution in [2.24, 2.45) is 0 Å². The third-order valence-electron chi connectivity index (χ3n) is 0.765. The summed E-state index contributed by atoms with van der Waals surface area (Å²) in [5.41, 5.74) is 0. The molecule has 64 valence electrons. The second-order valence-electron chi connectivity index (χ2n) is 1.47. The van der Waals surface area contributed by atoms with Crippen molar-refractivity contribution in [2.45, 2.75) is 39.5 Å². The maximum Gasteiger partial charge on any atom is 0.414 e. The summed E-state index contributed by atoms with van der Waals surface area (Å²) in [5, 5.41) is 8.07. The Morgan fingerprint density at radius 3 is 1.60 bits per heavy atom. The second-order valence-corrected chi connectivity index (χ2v) is 1.47. The maximum atomic E-state index is 11.2. The van der Waals surface area contributed by atoms with Crippen LogP contribution in [0.3, 0.4) is 0 Å². The average Bonchev–Trinajstić information content (AvgIpc) is 1.89. The summed E-state index contributed by atoms with van der Waals surface area (Å²) in [6.45, 7) is 5.28. The Balaban J connectivity index is 0. The molecule has 0 aromatic carbocycles. The number of alkyl halides is 3. The van der Waals surface area contributed by atoms with Crippen molar-refractivity contribution in [3.05, 3.63) is 0 Å². The van der Waals surface area contributed by atoms with Gasteiger partial charge in [-0.3, -0.25) is 0 Å². The van der Waals surface area contributed by atoms with Gasteiger partial charge in [-0.2, -0.15) is 13.2 Å². The lowest BCUT2D eigenvalue weighted by atomic mass is 10.3. The Labute approximate surface area is 58.9 Å². The Morgan fingerprint density at radius 1 is 1.30 bits per heavy atom. The summed E-state index contributed by atoms with van der Waals surface area (Å²) in [6, 6.07) is 0. The normalized spacial score (nSPS) is 13.5. The van der Waals surface area contributed by atoms with Gasteiger partial charge >= 0.3 is 6.18 Å². The van der Waals surface area contributed by atoms with Crippen LogP contribution >= 0.6 is 0 Å². The van der Waals surface area contributed by atoms with Crippen LogP contribution in [-0.2, 0) is 0 Å². The van der Waals surface area contributed by atoms with E-state index in [2.05, 4.69) is 0 Å². The van der Waals surface area contributed by atoms with Crippen molar-refractivity contribution in [3.8, 4) is 0 Å². The Hall–Kier alpha value is -0.250. The summed E-state index contributed by atoms with van der Waals surface area (Å²) in [7, 11) is 0. The molecular weight excluding hydrogens is 145 g/mol. The molecule has 1 atom stereocenters. The van der Waals surface area contributed by atoms with Crippen LogP contribution in [0.1, 0.15) is 27.2 Å². The van der Waals surface area contributed by atoms with Gasteiger partial charge in [-0.1, -0.05) is 20.8 Å². The first-order valence-corrected chi connectivity index (χ1v) is 3.23. The molecule has 0 fully saturated rings. The number of rotatable bonds is 1. The molecule has 0 spiro atoms. The molecule has 0 radical (unpaired) electrons. The van der Waals surface area contributed by atoms with E-state index in [1.165, 1.54) is 6.92 Å². The molecule has 0 heterocycles. The first-order valence-electron chi connectivity index (χ1n) is 3.23. The van der Waals surface area contributed by atoms with Crippen molar-refractivity contribution < 1.29 is 18.3 Å². The number of aliphatic hydroxyl groups is 1. The van der Waals surface area contributed by atoms with Gasteiger partial charge in [-0.25, -0.2) is 0 Å². The molecular formula is C6H13F3O. The minimum atomic E-state index is -4.44. The zero-order valence-electron chi connectivity index (χ0n) is 6.37. The molecule has 0 saturated carbocycles. The first-order chi connectivity index (χ1) is 4.48. The van der Waals surface area contributed by atoms with E-state index in [1.54, 1.807) is 0 Å². The monoisotopic (exact) mass is 158 g/mol.